The van der Waals surface area contributed by atoms with Gasteiger partial charge in [-0.15, -0.1) is 0 Å². The molecule has 3 aromatic carbocycles. The third-order valence-corrected chi connectivity index (χ3v) is 10.7. The number of hydrogen-bond donors (Lipinski definition) is 0. The van der Waals surface area contributed by atoms with Gasteiger partial charge in [0.05, 0.1) is 0 Å². The molecule has 0 saturated carbocycles. The molecule has 0 unspecified atom stereocenters. The van der Waals surface area contributed by atoms with Gasteiger partial charge in [0.15, 0.2) is 0 Å². The van der Waals surface area contributed by atoms with E-state index in [0.717, 1.165) is 5.56 Å². The average Bonchev–Trinajstić information content (AvgIpc) is 2.83. The first-order chi connectivity index (χ1) is 15.7. The predicted octanol–water partition coefficient (Wildman–Crippen LogP) is 2.91. The van der Waals surface area contributed by atoms with Gasteiger partial charge < -0.3 is 0 Å². The molecule has 32 heavy (non-hydrogen) atoms. The van der Waals surface area contributed by atoms with Crippen LogP contribution in [0.1, 0.15) is 26.6 Å². The van der Waals surface area contributed by atoms with Gasteiger partial charge in [-0.1, -0.05) is 0 Å². The minimum absolute atomic E-state index is 0.0251. The molecule has 0 spiro atoms. The van der Waals surface area contributed by atoms with Crippen LogP contribution in [0, 0.1) is 0 Å². The summed E-state index contributed by atoms with van der Waals surface area (Å²) in [7, 11) is 3.16. The van der Waals surface area contributed by atoms with E-state index in [0.29, 0.717) is 17.1 Å². The van der Waals surface area contributed by atoms with Gasteiger partial charge in [-0.25, -0.2) is 0 Å². The number of methoxy groups -OCH3 is 2. The van der Waals surface area contributed by atoms with Crippen molar-refractivity contribution in [3.63, 3.8) is 0 Å². The first-order valence-corrected chi connectivity index (χ1v) is 13.8. The fourth-order valence-corrected chi connectivity index (χ4v) is 9.69. The molecule has 0 aliphatic rings. The third-order valence-electron chi connectivity index (χ3n) is 4.38. The molecule has 3 rings (SSSR count). The zero-order valence-corrected chi connectivity index (χ0v) is 21.7. The number of hydrogen-bond acceptors (Lipinski definition) is 5. The number of esters is 1. The first kappa shape index (κ1) is 24.4. The Kier molecular flexibility index (Phi) is 9.66. The average molecular weight is 564 g/mol. The van der Waals surface area contributed by atoms with Crippen LogP contribution in [0.3, 0.4) is 0 Å². The van der Waals surface area contributed by atoms with Gasteiger partial charge >= 0.3 is 202 Å². The van der Waals surface area contributed by atoms with Crippen molar-refractivity contribution in [3.05, 3.63) is 83.9 Å². The van der Waals surface area contributed by atoms with E-state index in [-0.39, 0.29) is 47.0 Å². The summed E-state index contributed by atoms with van der Waals surface area (Å²) in [6, 6.07) is 24.5. The Morgan fingerprint density at radius 1 is 0.906 bits per heavy atom. The van der Waals surface area contributed by atoms with Crippen LogP contribution in [0.25, 0.3) is 0 Å². The molecule has 0 bridgehead atoms. The molecule has 0 heterocycles. The molecule has 168 valence electrons. The maximum absolute atomic E-state index is 13.1. The summed E-state index contributed by atoms with van der Waals surface area (Å²) >= 11 is 0.145. The topological polar surface area (TPSA) is 54.0 Å². The Hall–Kier alpha value is -2.27. The molecule has 0 atom stereocenters. The van der Waals surface area contributed by atoms with E-state index in [1.807, 2.05) is 18.2 Å². The second-order valence-corrected chi connectivity index (χ2v) is 13.0. The summed E-state index contributed by atoms with van der Waals surface area (Å²) in [5.41, 5.74) is 1.34. The number of rotatable bonds is 11. The monoisotopic (exact) mass is 566 g/mol. The van der Waals surface area contributed by atoms with Crippen molar-refractivity contribution < 1.29 is 23.7 Å². The van der Waals surface area contributed by atoms with Gasteiger partial charge in [0, 0.05) is 0 Å². The van der Waals surface area contributed by atoms with Gasteiger partial charge in [0.1, 0.15) is 0 Å². The van der Waals surface area contributed by atoms with Crippen molar-refractivity contribution in [3.8, 4) is 11.5 Å². The van der Waals surface area contributed by atoms with Crippen LogP contribution in [0.2, 0.25) is 0 Å². The van der Waals surface area contributed by atoms with Crippen LogP contribution in [0.4, 0.5) is 0 Å². The van der Waals surface area contributed by atoms with Crippen LogP contribution < -0.4 is 18.4 Å². The molecule has 0 aromatic heterocycles. The Morgan fingerprint density at radius 3 is 2.00 bits per heavy atom. The normalized spacial score (nSPS) is 10.8. The van der Waals surface area contributed by atoms with Gasteiger partial charge in [-0.05, 0) is 0 Å². The molecule has 0 aliphatic carbocycles. The third kappa shape index (κ3) is 6.61. The van der Waals surface area contributed by atoms with Gasteiger partial charge in [0.25, 0.3) is 0 Å². The SMILES string of the molecule is CCOC(=O)c1c(OCOC)cc(OC)cc1C([Se]c1ccccc1)[Se]c1ccccc1. The number of benzene rings is 3. The second kappa shape index (κ2) is 12.7. The van der Waals surface area contributed by atoms with Gasteiger partial charge in [0.2, 0.25) is 0 Å². The minimum atomic E-state index is -0.394. The number of ether oxygens (including phenoxy) is 4. The maximum atomic E-state index is 13.1. The molecule has 0 amide bonds. The van der Waals surface area contributed by atoms with E-state index in [2.05, 4.69) is 48.5 Å². The molecule has 0 aliphatic heterocycles. The first-order valence-electron chi connectivity index (χ1n) is 10.1. The second-order valence-electron chi connectivity index (χ2n) is 6.55. The number of carbonyl (C=O) groups excluding carboxylic acids is 1. The van der Waals surface area contributed by atoms with Crippen LogP contribution in [-0.4, -0.2) is 63.5 Å². The summed E-state index contributed by atoms with van der Waals surface area (Å²) in [5.74, 6) is 0.656. The van der Waals surface area contributed by atoms with Crippen LogP contribution in [0.5, 0.6) is 11.5 Å². The van der Waals surface area contributed by atoms with E-state index in [1.54, 1.807) is 27.2 Å². The van der Waals surface area contributed by atoms with E-state index in [4.69, 9.17) is 18.9 Å². The molecule has 3 aromatic rings. The van der Waals surface area contributed by atoms with Crippen molar-refractivity contribution >= 4 is 44.8 Å². The molecule has 0 N–H and O–H groups in total. The van der Waals surface area contributed by atoms with Crippen LogP contribution in [-0.2, 0) is 9.47 Å². The van der Waals surface area contributed by atoms with Gasteiger partial charge in [-0.3, -0.25) is 0 Å². The van der Waals surface area contributed by atoms with Crippen molar-refractivity contribution in [2.75, 3.05) is 27.6 Å². The fraction of sp³-hybridized carbons (Fsp3) is 0.240. The molecular formula is C25H26O5Se2. The zero-order chi connectivity index (χ0) is 22.8. The standard InChI is InChI=1S/C25H26O5Se2/c1-4-29-24(26)23-21(15-18(28-3)16-22(23)30-17-27-2)25(31-19-11-7-5-8-12-19)32-20-13-9-6-10-14-20/h5-16,25H,4,17H2,1-3H3. The molecule has 5 nitrogen and oxygen atoms in total. The van der Waals surface area contributed by atoms with E-state index in [1.165, 1.54) is 8.92 Å². The quantitative estimate of drug-likeness (QED) is 0.204. The summed E-state index contributed by atoms with van der Waals surface area (Å²) in [6.45, 7) is 2.11. The van der Waals surface area contributed by atoms with Crippen LogP contribution >= 0.6 is 0 Å². The summed E-state index contributed by atoms with van der Waals surface area (Å²) in [4.78, 5) is 13.1. The van der Waals surface area contributed by atoms with Gasteiger partial charge in [-0.2, -0.15) is 0 Å². The van der Waals surface area contributed by atoms with E-state index in [9.17, 15) is 4.79 Å². The Balaban J connectivity index is 2.14. The molecule has 7 heteroatoms. The van der Waals surface area contributed by atoms with Crippen LogP contribution in [0.15, 0.2) is 72.8 Å². The van der Waals surface area contributed by atoms with Crippen molar-refractivity contribution in [1.82, 2.24) is 0 Å². The van der Waals surface area contributed by atoms with Crippen molar-refractivity contribution in [2.24, 2.45) is 0 Å². The van der Waals surface area contributed by atoms with E-state index >= 15 is 0 Å². The summed E-state index contributed by atoms with van der Waals surface area (Å²) in [5, 5.41) is 0. The van der Waals surface area contributed by atoms with Crippen molar-refractivity contribution in [1.29, 1.82) is 0 Å². The number of carbonyl (C=O) groups is 1. The fourth-order valence-electron chi connectivity index (χ4n) is 2.97. The Morgan fingerprint density at radius 2 is 1.50 bits per heavy atom. The summed E-state index contributed by atoms with van der Waals surface area (Å²) in [6.07, 6.45) is 0. The molecular weight excluding hydrogens is 538 g/mol. The molecule has 0 radical (unpaired) electrons. The molecule has 0 saturated heterocycles. The molecule has 0 fully saturated rings. The van der Waals surface area contributed by atoms with Crippen molar-refractivity contribution in [2.45, 2.75) is 10.6 Å². The van der Waals surface area contributed by atoms with E-state index < -0.39 is 5.97 Å². The predicted molar refractivity (Wildman–Crippen MR) is 128 cm³/mol. The Labute approximate surface area is 201 Å². The summed E-state index contributed by atoms with van der Waals surface area (Å²) < 4.78 is 24.5. The zero-order valence-electron chi connectivity index (χ0n) is 18.3. The Bertz CT molecular complexity index is 954.